The molecule has 0 aliphatic carbocycles. The summed E-state index contributed by atoms with van der Waals surface area (Å²) in [7, 11) is 0. The van der Waals surface area contributed by atoms with Crippen molar-refractivity contribution in [1.29, 1.82) is 5.26 Å². The van der Waals surface area contributed by atoms with Crippen LogP contribution in [-0.4, -0.2) is 14.8 Å². The third kappa shape index (κ3) is 3.10. The van der Waals surface area contributed by atoms with Crippen LogP contribution < -0.4 is 5.23 Å². The summed E-state index contributed by atoms with van der Waals surface area (Å²) in [4.78, 5) is 2.99. The fourth-order valence-corrected chi connectivity index (χ4v) is 2.79. The fraction of sp³-hybridized carbons (Fsp3) is 0. The van der Waals surface area contributed by atoms with E-state index in [1.54, 1.807) is 41.1 Å². The first-order chi connectivity index (χ1) is 11.5. The van der Waals surface area contributed by atoms with Crippen molar-refractivity contribution in [2.45, 2.75) is 0 Å². The van der Waals surface area contributed by atoms with E-state index in [2.05, 4.69) is 11.1 Å². The van der Waals surface area contributed by atoms with Crippen LogP contribution in [0.2, 0.25) is 5.02 Å². The van der Waals surface area contributed by atoms with Crippen molar-refractivity contribution in [3.05, 3.63) is 63.0 Å². The zero-order chi connectivity index (χ0) is 17.3. The Bertz CT molecular complexity index is 1050. The predicted octanol–water partition coefficient (Wildman–Crippen LogP) is 3.28. The third-order valence-corrected chi connectivity index (χ3v) is 4.01. The summed E-state index contributed by atoms with van der Waals surface area (Å²) in [5.41, 5.74) is 2.41. The maximum atomic E-state index is 11.2. The first kappa shape index (κ1) is 16.4. The summed E-state index contributed by atoms with van der Waals surface area (Å²) in [6.07, 6.45) is 1.57. The van der Waals surface area contributed by atoms with Gasteiger partial charge in [-0.15, -0.1) is 0 Å². The Morgan fingerprint density at radius 1 is 1.38 bits per heavy atom. The molecular weight excluding hydrogens is 348 g/mol. The number of halogens is 1. The molecule has 3 aromatic rings. The van der Waals surface area contributed by atoms with Crippen molar-refractivity contribution in [2.75, 3.05) is 0 Å². The van der Waals surface area contributed by atoms with Crippen LogP contribution >= 0.6 is 23.8 Å². The Balaban J connectivity index is 2.21. The summed E-state index contributed by atoms with van der Waals surface area (Å²) in [5, 5.41) is 29.3. The van der Waals surface area contributed by atoms with E-state index in [1.807, 2.05) is 0 Å². The number of nitriles is 1. The van der Waals surface area contributed by atoms with Gasteiger partial charge < -0.3 is 10.2 Å². The molecule has 2 aromatic carbocycles. The summed E-state index contributed by atoms with van der Waals surface area (Å²) in [6, 6.07) is 13.7. The van der Waals surface area contributed by atoms with E-state index in [-0.39, 0.29) is 5.69 Å². The van der Waals surface area contributed by atoms with E-state index < -0.39 is 5.23 Å². The number of fused-ring (bicyclic) bond motifs is 1. The highest BCUT2D eigenvalue weighted by molar-refractivity contribution is 7.71. The molecule has 1 heterocycles. The van der Waals surface area contributed by atoms with E-state index in [1.165, 1.54) is 12.1 Å². The number of imidazole rings is 1. The quantitative estimate of drug-likeness (QED) is 0.380. The van der Waals surface area contributed by atoms with E-state index in [0.29, 0.717) is 32.0 Å². The molecular formula is C16H11ClN4O2S. The standard InChI is InChI=1S/C16H11ClN4O2S/c17-12-3-1-2-10(6-12)11(8-18)9-20-15-7-13(21(22)23)4-5-14(15)19-16(20)24/h1-7,9,21-22H,(H,19,24)/b11-9+. The molecule has 0 aliphatic heterocycles. The number of aromatic nitrogens is 2. The van der Waals surface area contributed by atoms with Gasteiger partial charge in [0.15, 0.2) is 10.5 Å². The number of allylic oxidation sites excluding steroid dienone is 1. The summed E-state index contributed by atoms with van der Waals surface area (Å²) in [6.45, 7) is 0. The first-order valence-electron chi connectivity index (χ1n) is 6.85. The average Bonchev–Trinajstić information content (AvgIpc) is 2.87. The molecule has 1 aromatic heterocycles. The summed E-state index contributed by atoms with van der Waals surface area (Å²) >= 11 is 11.3. The second-order valence-electron chi connectivity index (χ2n) is 5.00. The molecule has 1 atom stereocenters. The number of rotatable bonds is 3. The number of nitrogens with one attached hydrogen (secondary N) is 2. The maximum Gasteiger partial charge on any atom is 0.182 e. The van der Waals surface area contributed by atoms with Crippen molar-refractivity contribution in [1.82, 2.24) is 9.55 Å². The lowest BCUT2D eigenvalue weighted by molar-refractivity contribution is -0.991. The van der Waals surface area contributed by atoms with Gasteiger partial charge in [-0.1, -0.05) is 23.7 Å². The molecule has 0 spiro atoms. The largest absolute Gasteiger partial charge is 0.595 e. The van der Waals surface area contributed by atoms with Crippen LogP contribution in [0.4, 0.5) is 5.69 Å². The predicted molar refractivity (Wildman–Crippen MR) is 94.1 cm³/mol. The lowest BCUT2D eigenvalue weighted by atomic mass is 10.1. The molecule has 0 aliphatic rings. The van der Waals surface area contributed by atoms with Crippen LogP contribution in [0, 0.1) is 21.3 Å². The van der Waals surface area contributed by atoms with Crippen molar-refractivity contribution in [2.24, 2.45) is 0 Å². The Labute approximate surface area is 147 Å². The van der Waals surface area contributed by atoms with E-state index >= 15 is 0 Å². The van der Waals surface area contributed by atoms with Gasteiger partial charge in [0.05, 0.1) is 16.6 Å². The van der Waals surface area contributed by atoms with Gasteiger partial charge in [0.25, 0.3) is 0 Å². The molecule has 24 heavy (non-hydrogen) atoms. The number of H-pyrrole nitrogens is 1. The van der Waals surface area contributed by atoms with Crippen molar-refractivity contribution < 1.29 is 10.4 Å². The minimum Gasteiger partial charge on any atom is -0.595 e. The number of hydrogen-bond acceptors (Lipinski definition) is 4. The molecule has 0 radical (unpaired) electrons. The summed E-state index contributed by atoms with van der Waals surface area (Å²) < 4.78 is 1.94. The highest BCUT2D eigenvalue weighted by atomic mass is 35.5. The van der Waals surface area contributed by atoms with Crippen LogP contribution in [0.15, 0.2) is 42.5 Å². The van der Waals surface area contributed by atoms with Gasteiger partial charge in [-0.2, -0.15) is 10.5 Å². The molecule has 8 heteroatoms. The molecule has 3 rings (SSSR count). The highest BCUT2D eigenvalue weighted by Crippen LogP contribution is 2.22. The van der Waals surface area contributed by atoms with Crippen molar-refractivity contribution in [3.8, 4) is 6.07 Å². The molecule has 0 saturated heterocycles. The first-order valence-corrected chi connectivity index (χ1v) is 7.63. The lowest BCUT2D eigenvalue weighted by Gasteiger charge is -2.11. The second kappa shape index (κ2) is 6.57. The zero-order valence-corrected chi connectivity index (χ0v) is 13.7. The van der Waals surface area contributed by atoms with Crippen LogP contribution in [0.1, 0.15) is 5.56 Å². The molecule has 1 unspecified atom stereocenters. The second-order valence-corrected chi connectivity index (χ2v) is 5.83. The Morgan fingerprint density at radius 3 is 2.83 bits per heavy atom. The van der Waals surface area contributed by atoms with Crippen LogP contribution in [0.3, 0.4) is 0 Å². The number of benzene rings is 2. The molecule has 0 fully saturated rings. The van der Waals surface area contributed by atoms with Gasteiger partial charge >= 0.3 is 0 Å². The molecule has 3 N–H and O–H groups in total. The Morgan fingerprint density at radius 2 is 2.17 bits per heavy atom. The van der Waals surface area contributed by atoms with Crippen LogP contribution in [0.5, 0.6) is 0 Å². The fourth-order valence-electron chi connectivity index (χ4n) is 2.34. The molecule has 6 nitrogen and oxygen atoms in total. The normalized spacial score (nSPS) is 13.0. The zero-order valence-electron chi connectivity index (χ0n) is 12.2. The number of hydrogen-bond donors (Lipinski definition) is 3. The SMILES string of the molecule is N#C/C(=C\n1c(=S)[nH]c2ccc([NH+]([O-])O)cc21)c1cccc(Cl)c1. The third-order valence-electron chi connectivity index (χ3n) is 3.48. The summed E-state index contributed by atoms with van der Waals surface area (Å²) in [5.74, 6) is 0. The average molecular weight is 359 g/mol. The van der Waals surface area contributed by atoms with Crippen LogP contribution in [0.25, 0.3) is 22.8 Å². The smallest absolute Gasteiger partial charge is 0.182 e. The van der Waals surface area contributed by atoms with Crippen LogP contribution in [-0.2, 0) is 0 Å². The highest BCUT2D eigenvalue weighted by Gasteiger charge is 2.09. The van der Waals surface area contributed by atoms with Gasteiger partial charge in [-0.3, -0.25) is 4.57 Å². The Kier molecular flexibility index (Phi) is 4.49. The van der Waals surface area contributed by atoms with E-state index in [4.69, 9.17) is 29.0 Å². The van der Waals surface area contributed by atoms with Gasteiger partial charge in [0.1, 0.15) is 6.07 Å². The van der Waals surface area contributed by atoms with E-state index in [0.717, 1.165) is 0 Å². The molecule has 0 amide bonds. The minimum atomic E-state index is -1.03. The van der Waals surface area contributed by atoms with Gasteiger partial charge in [0.2, 0.25) is 0 Å². The molecule has 0 bridgehead atoms. The monoisotopic (exact) mass is 358 g/mol. The molecule has 120 valence electrons. The topological polar surface area (TPSA) is 92.2 Å². The van der Waals surface area contributed by atoms with Crippen molar-refractivity contribution >= 4 is 52.3 Å². The Hall–Kier alpha value is -2.47. The number of quaternary nitrogens is 1. The van der Waals surface area contributed by atoms with E-state index in [9.17, 15) is 10.5 Å². The number of nitrogens with zero attached hydrogens (tertiary/aromatic N) is 2. The van der Waals surface area contributed by atoms with Gasteiger partial charge in [-0.05, 0) is 36.0 Å². The minimum absolute atomic E-state index is 0.139. The number of aromatic amines is 1. The lowest BCUT2D eigenvalue weighted by Crippen LogP contribution is -2.99. The molecule has 0 saturated carbocycles. The van der Waals surface area contributed by atoms with Gasteiger partial charge in [-0.25, -0.2) is 5.21 Å². The van der Waals surface area contributed by atoms with Crippen molar-refractivity contribution in [3.63, 3.8) is 0 Å². The maximum absolute atomic E-state index is 11.2. The van der Waals surface area contributed by atoms with Gasteiger partial charge in [0, 0.05) is 23.4 Å².